The summed E-state index contributed by atoms with van der Waals surface area (Å²) in [4.78, 5) is 12.1. The second-order valence-electron chi connectivity index (χ2n) is 3.60. The van der Waals surface area contributed by atoms with E-state index in [1.165, 1.54) is 11.9 Å². The molecule has 5 nitrogen and oxygen atoms in total. The Balaban J connectivity index is 2.05. The standard InChI is InChI=1S/C12H14N4O/c1-9-6-13-4-3-10(9)7-14-11-5-12(17-2)16-8-15-11/h3-6,8H,7H2,1-2H3,(H,14,15,16). The number of ether oxygens (including phenoxy) is 1. The van der Waals surface area contributed by atoms with E-state index in [2.05, 4.69) is 20.3 Å². The van der Waals surface area contributed by atoms with E-state index in [0.29, 0.717) is 12.4 Å². The minimum absolute atomic E-state index is 0.550. The van der Waals surface area contributed by atoms with Crippen molar-refractivity contribution in [3.05, 3.63) is 42.0 Å². The van der Waals surface area contributed by atoms with Crippen molar-refractivity contribution < 1.29 is 4.74 Å². The van der Waals surface area contributed by atoms with Crippen LogP contribution >= 0.6 is 0 Å². The van der Waals surface area contributed by atoms with Crippen LogP contribution < -0.4 is 10.1 Å². The zero-order chi connectivity index (χ0) is 12.1. The predicted octanol–water partition coefficient (Wildman–Crippen LogP) is 1.80. The van der Waals surface area contributed by atoms with Crippen molar-refractivity contribution in [2.75, 3.05) is 12.4 Å². The molecule has 0 bridgehead atoms. The first kappa shape index (κ1) is 11.3. The third-order valence-corrected chi connectivity index (χ3v) is 2.45. The summed E-state index contributed by atoms with van der Waals surface area (Å²) in [6, 6.07) is 3.75. The molecular weight excluding hydrogens is 216 g/mol. The summed E-state index contributed by atoms with van der Waals surface area (Å²) in [6.07, 6.45) is 5.10. The molecular formula is C12H14N4O. The highest BCUT2D eigenvalue weighted by atomic mass is 16.5. The van der Waals surface area contributed by atoms with E-state index in [-0.39, 0.29) is 0 Å². The molecule has 1 N–H and O–H groups in total. The van der Waals surface area contributed by atoms with Crippen molar-refractivity contribution in [1.82, 2.24) is 15.0 Å². The number of aryl methyl sites for hydroxylation is 1. The summed E-state index contributed by atoms with van der Waals surface area (Å²) >= 11 is 0. The number of nitrogens with one attached hydrogen (secondary N) is 1. The molecule has 0 aliphatic heterocycles. The zero-order valence-corrected chi connectivity index (χ0v) is 9.84. The van der Waals surface area contributed by atoms with Crippen LogP contribution in [0.25, 0.3) is 0 Å². The van der Waals surface area contributed by atoms with Gasteiger partial charge in [-0.1, -0.05) is 0 Å². The molecule has 2 aromatic rings. The maximum absolute atomic E-state index is 5.03. The highest BCUT2D eigenvalue weighted by molar-refractivity contribution is 5.38. The number of rotatable bonds is 4. The van der Waals surface area contributed by atoms with Gasteiger partial charge in [-0.05, 0) is 24.1 Å². The molecule has 0 unspecified atom stereocenters. The molecule has 2 rings (SSSR count). The van der Waals surface area contributed by atoms with Crippen LogP contribution in [0, 0.1) is 6.92 Å². The Labute approximate surface area is 99.9 Å². The molecule has 0 atom stereocenters. The Hall–Kier alpha value is -2.17. The molecule has 0 aromatic carbocycles. The van der Waals surface area contributed by atoms with Crippen molar-refractivity contribution in [2.45, 2.75) is 13.5 Å². The lowest BCUT2D eigenvalue weighted by molar-refractivity contribution is 0.397. The molecule has 0 aliphatic rings. The second-order valence-corrected chi connectivity index (χ2v) is 3.60. The van der Waals surface area contributed by atoms with Gasteiger partial charge in [0.2, 0.25) is 5.88 Å². The smallest absolute Gasteiger partial charge is 0.218 e. The first-order valence-electron chi connectivity index (χ1n) is 5.29. The van der Waals surface area contributed by atoms with Crippen LogP contribution in [0.4, 0.5) is 5.82 Å². The third kappa shape index (κ3) is 2.90. The minimum atomic E-state index is 0.550. The minimum Gasteiger partial charge on any atom is -0.481 e. The Morgan fingerprint density at radius 1 is 1.35 bits per heavy atom. The van der Waals surface area contributed by atoms with Crippen LogP contribution in [0.3, 0.4) is 0 Å². The molecule has 5 heteroatoms. The molecule has 0 aliphatic carbocycles. The molecule has 2 aromatic heterocycles. The van der Waals surface area contributed by atoms with E-state index in [1.54, 1.807) is 19.4 Å². The van der Waals surface area contributed by atoms with Gasteiger partial charge >= 0.3 is 0 Å². The summed E-state index contributed by atoms with van der Waals surface area (Å²) in [5.74, 6) is 1.29. The molecule has 0 amide bonds. The van der Waals surface area contributed by atoms with Crippen LogP contribution in [-0.4, -0.2) is 22.1 Å². The van der Waals surface area contributed by atoms with Crippen molar-refractivity contribution in [1.29, 1.82) is 0 Å². The molecule has 0 radical (unpaired) electrons. The number of aromatic nitrogens is 3. The molecule has 0 saturated heterocycles. The Kier molecular flexibility index (Phi) is 3.49. The van der Waals surface area contributed by atoms with E-state index in [9.17, 15) is 0 Å². The van der Waals surface area contributed by atoms with Crippen molar-refractivity contribution >= 4 is 5.82 Å². The molecule has 2 heterocycles. The maximum Gasteiger partial charge on any atom is 0.218 e. The Morgan fingerprint density at radius 2 is 2.24 bits per heavy atom. The molecule has 88 valence electrons. The lowest BCUT2D eigenvalue weighted by Gasteiger charge is -2.08. The van der Waals surface area contributed by atoms with Crippen LogP contribution in [0.2, 0.25) is 0 Å². The Bertz CT molecular complexity index is 501. The number of hydrogen-bond donors (Lipinski definition) is 1. The quantitative estimate of drug-likeness (QED) is 0.867. The highest BCUT2D eigenvalue weighted by Crippen LogP contribution is 2.12. The van der Waals surface area contributed by atoms with E-state index < -0.39 is 0 Å². The van der Waals surface area contributed by atoms with Crippen molar-refractivity contribution in [3.8, 4) is 5.88 Å². The van der Waals surface area contributed by atoms with E-state index in [4.69, 9.17) is 4.74 Å². The zero-order valence-electron chi connectivity index (χ0n) is 9.84. The topological polar surface area (TPSA) is 59.9 Å². The van der Waals surface area contributed by atoms with Gasteiger partial charge in [-0.2, -0.15) is 0 Å². The monoisotopic (exact) mass is 230 g/mol. The number of anilines is 1. The molecule has 17 heavy (non-hydrogen) atoms. The molecule has 0 spiro atoms. The van der Waals surface area contributed by atoms with Gasteiger partial charge in [0.25, 0.3) is 0 Å². The van der Waals surface area contributed by atoms with Crippen LogP contribution in [-0.2, 0) is 6.54 Å². The van der Waals surface area contributed by atoms with E-state index in [0.717, 1.165) is 11.4 Å². The van der Waals surface area contributed by atoms with E-state index >= 15 is 0 Å². The van der Waals surface area contributed by atoms with Gasteiger partial charge < -0.3 is 10.1 Å². The van der Waals surface area contributed by atoms with Gasteiger partial charge in [-0.3, -0.25) is 4.98 Å². The van der Waals surface area contributed by atoms with Crippen LogP contribution in [0.15, 0.2) is 30.9 Å². The summed E-state index contributed by atoms with van der Waals surface area (Å²) in [6.45, 7) is 2.74. The normalized spacial score (nSPS) is 10.0. The van der Waals surface area contributed by atoms with Crippen molar-refractivity contribution in [3.63, 3.8) is 0 Å². The lowest BCUT2D eigenvalue weighted by atomic mass is 10.1. The Morgan fingerprint density at radius 3 is 3.00 bits per heavy atom. The largest absolute Gasteiger partial charge is 0.481 e. The van der Waals surface area contributed by atoms with E-state index in [1.807, 2.05) is 19.2 Å². The van der Waals surface area contributed by atoms with Gasteiger partial charge in [-0.15, -0.1) is 0 Å². The second kappa shape index (κ2) is 5.25. The SMILES string of the molecule is COc1cc(NCc2ccncc2C)ncn1. The summed E-state index contributed by atoms with van der Waals surface area (Å²) in [5.41, 5.74) is 2.35. The number of methoxy groups -OCH3 is 1. The average Bonchev–Trinajstić information content (AvgIpc) is 2.38. The number of hydrogen-bond acceptors (Lipinski definition) is 5. The number of nitrogens with zero attached hydrogens (tertiary/aromatic N) is 3. The van der Waals surface area contributed by atoms with Crippen LogP contribution in [0.5, 0.6) is 5.88 Å². The highest BCUT2D eigenvalue weighted by Gasteiger charge is 2.00. The van der Waals surface area contributed by atoms with Gasteiger partial charge in [0.1, 0.15) is 12.1 Å². The molecule has 0 fully saturated rings. The fraction of sp³-hybridized carbons (Fsp3) is 0.250. The fourth-order valence-electron chi connectivity index (χ4n) is 1.43. The number of pyridine rings is 1. The fourth-order valence-corrected chi connectivity index (χ4v) is 1.43. The summed E-state index contributed by atoms with van der Waals surface area (Å²) in [5, 5.41) is 3.22. The summed E-state index contributed by atoms with van der Waals surface area (Å²) < 4.78 is 5.03. The first-order chi connectivity index (χ1) is 8.29. The van der Waals surface area contributed by atoms with Gasteiger partial charge in [0.05, 0.1) is 7.11 Å². The molecule has 0 saturated carbocycles. The third-order valence-electron chi connectivity index (χ3n) is 2.45. The predicted molar refractivity (Wildman–Crippen MR) is 64.9 cm³/mol. The van der Waals surface area contributed by atoms with Gasteiger partial charge in [0.15, 0.2) is 0 Å². The average molecular weight is 230 g/mol. The maximum atomic E-state index is 5.03. The van der Waals surface area contributed by atoms with Crippen molar-refractivity contribution in [2.24, 2.45) is 0 Å². The summed E-state index contributed by atoms with van der Waals surface area (Å²) in [7, 11) is 1.58. The van der Waals surface area contributed by atoms with Crippen LogP contribution in [0.1, 0.15) is 11.1 Å². The van der Waals surface area contributed by atoms with Gasteiger partial charge in [0, 0.05) is 25.0 Å². The lowest BCUT2D eigenvalue weighted by Crippen LogP contribution is -2.03. The van der Waals surface area contributed by atoms with Gasteiger partial charge in [-0.25, -0.2) is 9.97 Å². The first-order valence-corrected chi connectivity index (χ1v) is 5.29.